The lowest BCUT2D eigenvalue weighted by Gasteiger charge is -2.19. The standard InChI is InChI=1S/C13H12Cl2N4O/c14-9-3-2-8(6-10(9)15)16-13(20)7-1-4-11-12(5-7)18-19-17-11/h2-3,6-7H,1,4-5H2,(H,16,20)(H,17,18,19). The number of hydrogen-bond acceptors (Lipinski definition) is 3. The molecule has 1 heterocycles. The third kappa shape index (κ3) is 2.64. The Bertz CT molecular complexity index is 656. The van der Waals surface area contributed by atoms with Crippen molar-refractivity contribution in [2.45, 2.75) is 19.3 Å². The molecule has 0 saturated carbocycles. The van der Waals surface area contributed by atoms with Crippen LogP contribution in [0, 0.1) is 5.92 Å². The van der Waals surface area contributed by atoms with Crippen LogP contribution in [0.3, 0.4) is 0 Å². The molecule has 1 aromatic carbocycles. The summed E-state index contributed by atoms with van der Waals surface area (Å²) in [6, 6.07) is 5.04. The Morgan fingerprint density at radius 3 is 2.85 bits per heavy atom. The zero-order valence-corrected chi connectivity index (χ0v) is 12.0. The molecule has 2 N–H and O–H groups in total. The quantitative estimate of drug-likeness (QED) is 0.896. The van der Waals surface area contributed by atoms with Crippen LogP contribution in [0.1, 0.15) is 17.8 Å². The molecular formula is C13H12Cl2N4O. The van der Waals surface area contributed by atoms with Crippen LogP contribution in [0.15, 0.2) is 18.2 Å². The normalized spacial score (nSPS) is 17.6. The zero-order chi connectivity index (χ0) is 14.1. The average Bonchev–Trinajstić information content (AvgIpc) is 2.90. The fourth-order valence-corrected chi connectivity index (χ4v) is 2.62. The van der Waals surface area contributed by atoms with Gasteiger partial charge in [0.25, 0.3) is 0 Å². The summed E-state index contributed by atoms with van der Waals surface area (Å²) >= 11 is 11.8. The largest absolute Gasteiger partial charge is 0.326 e. The molecule has 104 valence electrons. The van der Waals surface area contributed by atoms with E-state index in [1.807, 2.05) is 0 Å². The number of fused-ring (bicyclic) bond motifs is 1. The van der Waals surface area contributed by atoms with Crippen LogP contribution in [-0.4, -0.2) is 21.3 Å². The number of hydrogen-bond donors (Lipinski definition) is 2. The number of aryl methyl sites for hydroxylation is 1. The van der Waals surface area contributed by atoms with E-state index in [1.165, 1.54) is 0 Å². The van der Waals surface area contributed by atoms with E-state index in [9.17, 15) is 4.79 Å². The van der Waals surface area contributed by atoms with Crippen LogP contribution >= 0.6 is 23.2 Å². The lowest BCUT2D eigenvalue weighted by atomic mass is 9.89. The van der Waals surface area contributed by atoms with E-state index >= 15 is 0 Å². The summed E-state index contributed by atoms with van der Waals surface area (Å²) in [6.07, 6.45) is 2.15. The second-order valence-corrected chi connectivity index (χ2v) is 5.59. The molecule has 7 heteroatoms. The molecule has 1 unspecified atom stereocenters. The van der Waals surface area contributed by atoms with E-state index in [0.717, 1.165) is 24.2 Å². The number of carbonyl (C=O) groups excluding carboxylic acids is 1. The van der Waals surface area contributed by atoms with Crippen molar-refractivity contribution in [3.8, 4) is 0 Å². The SMILES string of the molecule is O=C(Nc1ccc(Cl)c(Cl)c1)C1CCc2n[nH]nc2C1. The minimum absolute atomic E-state index is 0.0305. The molecule has 0 fully saturated rings. The second kappa shape index (κ2) is 5.42. The van der Waals surface area contributed by atoms with Crippen molar-refractivity contribution in [1.82, 2.24) is 15.4 Å². The van der Waals surface area contributed by atoms with E-state index < -0.39 is 0 Å². The van der Waals surface area contributed by atoms with Crippen molar-refractivity contribution < 1.29 is 4.79 Å². The Morgan fingerprint density at radius 1 is 1.25 bits per heavy atom. The lowest BCUT2D eigenvalue weighted by Crippen LogP contribution is -2.28. The number of benzene rings is 1. The van der Waals surface area contributed by atoms with Crippen LogP contribution in [0.4, 0.5) is 5.69 Å². The Balaban J connectivity index is 1.69. The number of H-pyrrole nitrogens is 1. The number of rotatable bonds is 2. The summed E-state index contributed by atoms with van der Waals surface area (Å²) in [7, 11) is 0. The molecule has 1 aliphatic carbocycles. The monoisotopic (exact) mass is 310 g/mol. The maximum Gasteiger partial charge on any atom is 0.227 e. The van der Waals surface area contributed by atoms with E-state index in [-0.39, 0.29) is 11.8 Å². The van der Waals surface area contributed by atoms with E-state index in [4.69, 9.17) is 23.2 Å². The highest BCUT2D eigenvalue weighted by Gasteiger charge is 2.27. The molecule has 0 spiro atoms. The van der Waals surface area contributed by atoms with Crippen LogP contribution < -0.4 is 5.32 Å². The molecule has 0 aliphatic heterocycles. The molecule has 20 heavy (non-hydrogen) atoms. The van der Waals surface area contributed by atoms with Gasteiger partial charge in [0.05, 0.1) is 21.4 Å². The summed E-state index contributed by atoms with van der Waals surface area (Å²) in [5.74, 6) is -0.126. The molecule has 0 radical (unpaired) electrons. The summed E-state index contributed by atoms with van der Waals surface area (Å²) in [6.45, 7) is 0. The number of nitrogens with zero attached hydrogens (tertiary/aromatic N) is 2. The lowest BCUT2D eigenvalue weighted by molar-refractivity contribution is -0.120. The van der Waals surface area contributed by atoms with Gasteiger partial charge in [-0.05, 0) is 31.0 Å². The van der Waals surface area contributed by atoms with E-state index in [2.05, 4.69) is 20.7 Å². The molecule has 1 atom stereocenters. The Hall–Kier alpha value is -1.59. The van der Waals surface area contributed by atoms with E-state index in [1.54, 1.807) is 18.2 Å². The number of aromatic amines is 1. The third-order valence-electron chi connectivity index (χ3n) is 3.43. The zero-order valence-electron chi connectivity index (χ0n) is 10.5. The van der Waals surface area contributed by atoms with Crippen LogP contribution in [0.25, 0.3) is 0 Å². The first kappa shape index (κ1) is 13.4. The highest BCUT2D eigenvalue weighted by molar-refractivity contribution is 6.42. The van der Waals surface area contributed by atoms with Crippen molar-refractivity contribution >= 4 is 34.8 Å². The number of amides is 1. The maximum absolute atomic E-state index is 12.2. The molecule has 1 amide bonds. The van der Waals surface area contributed by atoms with E-state index in [0.29, 0.717) is 22.2 Å². The first-order valence-electron chi connectivity index (χ1n) is 6.28. The minimum Gasteiger partial charge on any atom is -0.326 e. The Labute approximate surface area is 125 Å². The first-order chi connectivity index (χ1) is 9.63. The highest BCUT2D eigenvalue weighted by atomic mass is 35.5. The molecular weight excluding hydrogens is 299 g/mol. The van der Waals surface area contributed by atoms with Crippen LogP contribution in [0.2, 0.25) is 10.0 Å². The number of anilines is 1. The number of carbonyl (C=O) groups is 1. The number of aromatic nitrogens is 3. The van der Waals surface area contributed by atoms with Gasteiger partial charge in [-0.3, -0.25) is 4.79 Å². The average molecular weight is 311 g/mol. The number of halogens is 2. The predicted molar refractivity (Wildman–Crippen MR) is 77.0 cm³/mol. The van der Waals surface area contributed by atoms with Gasteiger partial charge in [-0.15, -0.1) is 0 Å². The van der Waals surface area contributed by atoms with Gasteiger partial charge in [-0.25, -0.2) is 0 Å². The summed E-state index contributed by atoms with van der Waals surface area (Å²) < 4.78 is 0. The Morgan fingerprint density at radius 2 is 2.05 bits per heavy atom. The fraction of sp³-hybridized carbons (Fsp3) is 0.308. The second-order valence-electron chi connectivity index (χ2n) is 4.77. The third-order valence-corrected chi connectivity index (χ3v) is 4.17. The van der Waals surface area contributed by atoms with Crippen molar-refractivity contribution in [1.29, 1.82) is 0 Å². The van der Waals surface area contributed by atoms with Gasteiger partial charge in [-0.2, -0.15) is 15.4 Å². The van der Waals surface area contributed by atoms with Crippen LogP contribution in [-0.2, 0) is 17.6 Å². The Kier molecular flexibility index (Phi) is 3.63. The van der Waals surface area contributed by atoms with Crippen LogP contribution in [0.5, 0.6) is 0 Å². The smallest absolute Gasteiger partial charge is 0.227 e. The van der Waals surface area contributed by atoms with Gasteiger partial charge in [0.15, 0.2) is 0 Å². The van der Waals surface area contributed by atoms with Crippen molar-refractivity contribution in [3.05, 3.63) is 39.6 Å². The van der Waals surface area contributed by atoms with Gasteiger partial charge in [0, 0.05) is 18.0 Å². The molecule has 1 aromatic heterocycles. The fourth-order valence-electron chi connectivity index (χ4n) is 2.33. The molecule has 0 bridgehead atoms. The van der Waals surface area contributed by atoms with Gasteiger partial charge in [0.2, 0.25) is 5.91 Å². The van der Waals surface area contributed by atoms with Crippen molar-refractivity contribution in [3.63, 3.8) is 0 Å². The molecule has 3 rings (SSSR count). The summed E-state index contributed by atoms with van der Waals surface area (Å²) in [5.41, 5.74) is 2.49. The minimum atomic E-state index is -0.0953. The molecule has 1 aliphatic rings. The topological polar surface area (TPSA) is 70.7 Å². The first-order valence-corrected chi connectivity index (χ1v) is 7.03. The highest BCUT2D eigenvalue weighted by Crippen LogP contribution is 2.27. The van der Waals surface area contributed by atoms with Crippen molar-refractivity contribution in [2.24, 2.45) is 5.92 Å². The predicted octanol–water partition coefficient (Wildman–Crippen LogP) is 2.86. The van der Waals surface area contributed by atoms with Gasteiger partial charge in [0.1, 0.15) is 0 Å². The number of nitrogens with one attached hydrogen (secondary N) is 2. The molecule has 5 nitrogen and oxygen atoms in total. The van der Waals surface area contributed by atoms with Gasteiger partial charge >= 0.3 is 0 Å². The summed E-state index contributed by atoms with van der Waals surface area (Å²) in [5, 5.41) is 14.5. The maximum atomic E-state index is 12.2. The van der Waals surface area contributed by atoms with Crippen molar-refractivity contribution in [2.75, 3.05) is 5.32 Å². The van der Waals surface area contributed by atoms with Gasteiger partial charge in [-0.1, -0.05) is 23.2 Å². The molecule has 0 saturated heterocycles. The van der Waals surface area contributed by atoms with Gasteiger partial charge < -0.3 is 5.32 Å². The molecule has 2 aromatic rings. The summed E-state index contributed by atoms with van der Waals surface area (Å²) in [4.78, 5) is 12.2.